The molecule has 196 valence electrons. The molecule has 1 aromatic rings. The summed E-state index contributed by atoms with van der Waals surface area (Å²) in [7, 11) is 0. The first-order chi connectivity index (χ1) is 17.6. The summed E-state index contributed by atoms with van der Waals surface area (Å²) in [5, 5.41) is 21.9. The van der Waals surface area contributed by atoms with Crippen LogP contribution in [-0.4, -0.2) is 71.2 Å². The van der Waals surface area contributed by atoms with Gasteiger partial charge in [0.05, 0.1) is 30.8 Å². The van der Waals surface area contributed by atoms with E-state index in [1.54, 1.807) is 30.6 Å². The number of nitrogens with one attached hydrogen (secondary N) is 3. The number of aliphatic hydroxyl groups is 1. The van der Waals surface area contributed by atoms with Crippen molar-refractivity contribution in [3.8, 4) is 0 Å². The number of unbranched alkanes of at least 4 members (excludes halogenated alkanes) is 2. The number of aromatic amines is 1. The number of likely N-dealkylation sites (N-methyl/N-ethyl adjacent to an activating group) is 1. The van der Waals surface area contributed by atoms with Gasteiger partial charge < -0.3 is 20.6 Å². The van der Waals surface area contributed by atoms with Crippen molar-refractivity contribution in [1.29, 1.82) is 0 Å². The van der Waals surface area contributed by atoms with E-state index < -0.39 is 0 Å². The molecule has 0 bridgehead atoms. The van der Waals surface area contributed by atoms with E-state index in [0.717, 1.165) is 49.3 Å². The van der Waals surface area contributed by atoms with Gasteiger partial charge in [-0.1, -0.05) is 52.0 Å². The average Bonchev–Trinajstić information content (AvgIpc) is 3.34. The van der Waals surface area contributed by atoms with Gasteiger partial charge in [0.1, 0.15) is 0 Å². The Morgan fingerprint density at radius 3 is 2.81 bits per heavy atom. The molecule has 0 aromatic carbocycles. The van der Waals surface area contributed by atoms with E-state index in [0.29, 0.717) is 18.8 Å². The van der Waals surface area contributed by atoms with Crippen LogP contribution in [0.25, 0.3) is 12.2 Å². The highest BCUT2D eigenvalue weighted by molar-refractivity contribution is 6.04. The van der Waals surface area contributed by atoms with Crippen LogP contribution in [0, 0.1) is 0 Å². The van der Waals surface area contributed by atoms with Gasteiger partial charge >= 0.3 is 0 Å². The second-order valence-corrected chi connectivity index (χ2v) is 7.93. The Hall–Kier alpha value is -3.33. The van der Waals surface area contributed by atoms with Crippen LogP contribution in [0.3, 0.4) is 0 Å². The summed E-state index contributed by atoms with van der Waals surface area (Å²) in [5.41, 5.74) is 3.14. The van der Waals surface area contributed by atoms with Gasteiger partial charge in [-0.2, -0.15) is 5.10 Å². The first kappa shape index (κ1) is 30.7. The van der Waals surface area contributed by atoms with Crippen LogP contribution in [0.1, 0.15) is 44.4 Å². The second kappa shape index (κ2) is 19.9. The third-order valence-electron chi connectivity index (χ3n) is 5.19. The first-order valence-electron chi connectivity index (χ1n) is 12.5. The van der Waals surface area contributed by atoms with Crippen LogP contribution in [-0.2, 0) is 4.79 Å². The summed E-state index contributed by atoms with van der Waals surface area (Å²) in [6, 6.07) is 0. The molecule has 0 saturated carbocycles. The maximum atomic E-state index is 12.3. The number of aromatic nitrogens is 2. The van der Waals surface area contributed by atoms with E-state index in [2.05, 4.69) is 56.9 Å². The molecule has 8 heteroatoms. The van der Waals surface area contributed by atoms with Crippen LogP contribution in [0.15, 0.2) is 72.7 Å². The predicted octanol–water partition coefficient (Wildman–Crippen LogP) is 3.86. The molecule has 0 aliphatic heterocycles. The molecule has 0 spiro atoms. The lowest BCUT2D eigenvalue weighted by Crippen LogP contribution is -2.38. The van der Waals surface area contributed by atoms with Crippen LogP contribution in [0.4, 0.5) is 0 Å². The number of allylic oxidation sites excluding steroid dienone is 6. The Morgan fingerprint density at radius 2 is 2.11 bits per heavy atom. The minimum Gasteiger partial charge on any atom is -0.395 e. The monoisotopic (exact) mass is 494 g/mol. The maximum Gasteiger partial charge on any atom is 0.238 e. The first-order valence-corrected chi connectivity index (χ1v) is 12.5. The molecule has 1 amide bonds. The molecule has 0 unspecified atom stereocenters. The molecule has 0 fully saturated rings. The van der Waals surface area contributed by atoms with Crippen LogP contribution in [0.5, 0.6) is 0 Å². The largest absolute Gasteiger partial charge is 0.395 e. The normalized spacial score (nSPS) is 12.9. The van der Waals surface area contributed by atoms with Gasteiger partial charge in [-0.15, -0.1) is 0 Å². The zero-order chi connectivity index (χ0) is 26.4. The van der Waals surface area contributed by atoms with Crippen molar-refractivity contribution in [2.24, 2.45) is 4.99 Å². The summed E-state index contributed by atoms with van der Waals surface area (Å²) in [4.78, 5) is 18.9. The minimum absolute atomic E-state index is 0.132. The van der Waals surface area contributed by atoms with Gasteiger partial charge in [-0.05, 0) is 49.4 Å². The van der Waals surface area contributed by atoms with Crippen LogP contribution >= 0.6 is 0 Å². The lowest BCUT2D eigenvalue weighted by atomic mass is 10.2. The van der Waals surface area contributed by atoms with Gasteiger partial charge in [0.15, 0.2) is 0 Å². The summed E-state index contributed by atoms with van der Waals surface area (Å²) in [6.07, 6.45) is 21.5. The number of hydrogen-bond donors (Lipinski definition) is 4. The fourth-order valence-electron chi connectivity index (χ4n) is 3.10. The number of aliphatic hydroxyl groups excluding tert-OH is 1. The lowest BCUT2D eigenvalue weighted by Gasteiger charge is -2.19. The molecule has 1 aromatic heterocycles. The highest BCUT2D eigenvalue weighted by Gasteiger charge is 2.04. The van der Waals surface area contributed by atoms with E-state index in [1.165, 1.54) is 0 Å². The maximum absolute atomic E-state index is 12.3. The molecule has 0 radical (unpaired) electrons. The van der Waals surface area contributed by atoms with E-state index in [1.807, 2.05) is 31.2 Å². The van der Waals surface area contributed by atoms with Crippen LogP contribution in [0.2, 0.25) is 0 Å². The fourth-order valence-corrected chi connectivity index (χ4v) is 3.10. The summed E-state index contributed by atoms with van der Waals surface area (Å²) >= 11 is 0. The number of aliphatic imine (C=N–C) groups is 1. The molecule has 36 heavy (non-hydrogen) atoms. The SMILES string of the molecule is C=C\C(=C/C=C/C(/C=C/CCCC)=N/C=C/c1cn[nH]c1C=C)NC(=O)CNCCN(CC)CCO. The highest BCUT2D eigenvalue weighted by Crippen LogP contribution is 2.08. The topological polar surface area (TPSA) is 106 Å². The summed E-state index contributed by atoms with van der Waals surface area (Å²) in [5.74, 6) is -0.144. The minimum atomic E-state index is -0.144. The van der Waals surface area contributed by atoms with E-state index in [9.17, 15) is 4.79 Å². The highest BCUT2D eigenvalue weighted by atomic mass is 16.3. The number of rotatable bonds is 19. The van der Waals surface area contributed by atoms with Crippen molar-refractivity contribution in [2.45, 2.75) is 33.1 Å². The number of carbonyl (C=O) groups is 1. The van der Waals surface area contributed by atoms with E-state index >= 15 is 0 Å². The summed E-state index contributed by atoms with van der Waals surface area (Å²) in [6.45, 7) is 15.0. The molecule has 0 aliphatic carbocycles. The molecule has 0 atom stereocenters. The van der Waals surface area contributed by atoms with Gasteiger partial charge in [0.25, 0.3) is 0 Å². The number of nitrogens with zero attached hydrogens (tertiary/aromatic N) is 3. The number of hydrogen-bond acceptors (Lipinski definition) is 6. The Morgan fingerprint density at radius 1 is 1.28 bits per heavy atom. The second-order valence-electron chi connectivity index (χ2n) is 7.93. The van der Waals surface area contributed by atoms with E-state index in [4.69, 9.17) is 5.11 Å². The van der Waals surface area contributed by atoms with Crippen molar-refractivity contribution in [3.05, 3.63) is 79.0 Å². The number of amides is 1. The van der Waals surface area contributed by atoms with Crippen molar-refractivity contribution >= 4 is 23.8 Å². The van der Waals surface area contributed by atoms with Crippen molar-refractivity contribution in [2.75, 3.05) is 39.3 Å². The van der Waals surface area contributed by atoms with Crippen LogP contribution < -0.4 is 10.6 Å². The molecule has 4 N–H and O–H groups in total. The Labute approximate surface area is 216 Å². The molecule has 1 heterocycles. The van der Waals surface area contributed by atoms with Crippen molar-refractivity contribution in [3.63, 3.8) is 0 Å². The van der Waals surface area contributed by atoms with Gasteiger partial charge in [0.2, 0.25) is 5.91 Å². The molecule has 8 nitrogen and oxygen atoms in total. The van der Waals surface area contributed by atoms with Crippen molar-refractivity contribution < 1.29 is 9.90 Å². The van der Waals surface area contributed by atoms with Gasteiger partial charge in [-0.25, -0.2) is 0 Å². The third kappa shape index (κ3) is 13.5. The lowest BCUT2D eigenvalue weighted by molar-refractivity contribution is -0.119. The summed E-state index contributed by atoms with van der Waals surface area (Å²) < 4.78 is 0. The third-order valence-corrected chi connectivity index (χ3v) is 5.19. The quantitative estimate of drug-likeness (QED) is 0.133. The van der Waals surface area contributed by atoms with Gasteiger partial charge in [0, 0.05) is 37.1 Å². The molecule has 0 aliphatic rings. The molecular formula is C28H42N6O2. The molecular weight excluding hydrogens is 452 g/mol. The predicted molar refractivity (Wildman–Crippen MR) is 151 cm³/mol. The fraction of sp³-hybridized carbons (Fsp3) is 0.393. The smallest absolute Gasteiger partial charge is 0.238 e. The molecule has 1 rings (SSSR count). The standard InChI is InChI=1S/C28H42N6O2/c1-5-9-10-11-13-26(30-17-16-24-22-31-33-27(24)7-3)15-12-14-25(6-2)32-28(36)23-29-18-19-34(8-4)20-21-35/h6-7,11-17,22,29,35H,2-3,5,8-10,18-21,23H2,1,4H3,(H,31,33)(H,32,36)/b13-11+,15-12+,17-16+,25-14+,30-26+. The number of carbonyl (C=O) groups excluding carboxylic acids is 1. The zero-order valence-electron chi connectivity index (χ0n) is 21.7. The number of H-pyrrole nitrogens is 1. The Bertz CT molecular complexity index is 940. The zero-order valence-corrected chi connectivity index (χ0v) is 21.7. The van der Waals surface area contributed by atoms with E-state index in [-0.39, 0.29) is 19.1 Å². The van der Waals surface area contributed by atoms with Crippen molar-refractivity contribution in [1.82, 2.24) is 25.7 Å². The van der Waals surface area contributed by atoms with Gasteiger partial charge in [-0.3, -0.25) is 14.9 Å². The average molecular weight is 495 g/mol. The Kier molecular flexibility index (Phi) is 17.0. The Balaban J connectivity index is 2.73. The molecule has 0 saturated heterocycles.